The van der Waals surface area contributed by atoms with Crippen LogP contribution in [-0.2, 0) is 39.9 Å². The molecule has 5 fully saturated rings. The standard InChI is InChI=1S/C41H48F6N4O8S/c1-39(2,3)24-13-33(53)59-32-11-19-10-23(19)22(32)6-4-5-9-41(46,47)34-36(49-29-15-27(43)26(42)14-28(29)48-34)58-20-12-30(51(18-20)37(24)54)31(52)17-40(16-25(40)35(44)45)38(55)50-60(56,57)21-7-8-21/h14-15,19-25,30,32,35H,4-13,16-18H2,1-3H3,(H,50,55)/t19-,20+,22+,23-,24+,25-,30-,32+,40+/m0/s1. The lowest BCUT2D eigenvalue weighted by atomic mass is 9.77. The molecule has 0 spiro atoms. The average molecular weight is 871 g/mol. The van der Waals surface area contributed by atoms with Gasteiger partial charge in [-0.3, -0.25) is 23.9 Å². The summed E-state index contributed by atoms with van der Waals surface area (Å²) in [5.74, 6) is -12.9. The number of benzene rings is 1. The minimum absolute atomic E-state index is 0.0176. The highest BCUT2D eigenvalue weighted by Gasteiger charge is 2.66. The Hall–Kier alpha value is -4.03. The van der Waals surface area contributed by atoms with Crippen LogP contribution in [0.5, 0.6) is 5.88 Å². The molecule has 0 unspecified atom stereocenters. The molecule has 4 aliphatic carbocycles. The molecular weight excluding hydrogens is 823 g/mol. The summed E-state index contributed by atoms with van der Waals surface area (Å²) in [4.78, 5) is 65.5. The first-order valence-electron chi connectivity index (χ1n) is 20.7. The molecule has 12 nitrogen and oxygen atoms in total. The summed E-state index contributed by atoms with van der Waals surface area (Å²) >= 11 is 0. The van der Waals surface area contributed by atoms with Gasteiger partial charge in [0.2, 0.25) is 34.1 Å². The summed E-state index contributed by atoms with van der Waals surface area (Å²) in [5.41, 5.74) is -4.69. The molecule has 2 aromatic rings. The van der Waals surface area contributed by atoms with Crippen molar-refractivity contribution >= 4 is 44.6 Å². The molecule has 2 aliphatic heterocycles. The molecule has 19 heteroatoms. The van der Waals surface area contributed by atoms with Crippen LogP contribution >= 0.6 is 0 Å². The van der Waals surface area contributed by atoms with Gasteiger partial charge >= 0.3 is 5.97 Å². The van der Waals surface area contributed by atoms with Crippen LogP contribution < -0.4 is 9.46 Å². The summed E-state index contributed by atoms with van der Waals surface area (Å²) in [6, 6.07) is -0.207. The molecule has 1 aromatic carbocycles. The zero-order chi connectivity index (χ0) is 43.3. The molecule has 2 bridgehead atoms. The topological polar surface area (TPSA) is 162 Å². The maximum atomic E-state index is 16.3. The molecule has 8 rings (SSSR count). The van der Waals surface area contributed by atoms with E-state index in [4.69, 9.17) is 9.47 Å². The summed E-state index contributed by atoms with van der Waals surface area (Å²) in [7, 11) is -4.19. The second-order valence-corrected chi connectivity index (χ2v) is 20.9. The van der Waals surface area contributed by atoms with E-state index in [1.807, 2.05) is 4.72 Å². The predicted octanol–water partition coefficient (Wildman–Crippen LogP) is 6.38. The fraction of sp³-hybridized carbons (Fsp3) is 0.707. The number of carbonyl (C=O) groups is 4. The molecule has 3 heterocycles. The molecule has 9 atom stereocenters. The number of hydrogen-bond donors (Lipinski definition) is 1. The fourth-order valence-electron chi connectivity index (χ4n) is 9.82. The van der Waals surface area contributed by atoms with Crippen molar-refractivity contribution in [2.24, 2.45) is 40.4 Å². The van der Waals surface area contributed by atoms with E-state index in [9.17, 15) is 45.2 Å². The number of alkyl halides is 4. The fourth-order valence-corrected chi connectivity index (χ4v) is 11.2. The maximum absolute atomic E-state index is 16.3. The number of Topliss-reactive ketones (excluding diaryl/α,β-unsaturated/α-hetero) is 1. The van der Waals surface area contributed by atoms with Gasteiger partial charge in [0.15, 0.2) is 23.1 Å². The Morgan fingerprint density at radius 3 is 2.28 bits per heavy atom. The summed E-state index contributed by atoms with van der Waals surface area (Å²) in [6.45, 7) is 4.67. The van der Waals surface area contributed by atoms with Crippen LogP contribution in [0.25, 0.3) is 11.0 Å². The number of ketones is 1. The number of aromatic nitrogens is 2. The monoisotopic (exact) mass is 870 g/mol. The van der Waals surface area contributed by atoms with E-state index in [-0.39, 0.29) is 48.6 Å². The molecule has 1 aromatic heterocycles. The number of halogens is 6. The molecule has 4 saturated carbocycles. The van der Waals surface area contributed by atoms with Crippen molar-refractivity contribution in [1.29, 1.82) is 0 Å². The Morgan fingerprint density at radius 2 is 1.65 bits per heavy atom. The summed E-state index contributed by atoms with van der Waals surface area (Å²) in [6.07, 6.45) is -4.80. The first-order chi connectivity index (χ1) is 28.1. The average Bonchev–Trinajstić information content (AvgIpc) is 4.09. The van der Waals surface area contributed by atoms with Crippen molar-refractivity contribution in [3.8, 4) is 5.88 Å². The maximum Gasteiger partial charge on any atom is 0.306 e. The Bertz CT molecular complexity index is 2220. The van der Waals surface area contributed by atoms with Crippen molar-refractivity contribution in [3.63, 3.8) is 0 Å². The molecule has 2 amide bonds. The van der Waals surface area contributed by atoms with E-state index in [1.54, 1.807) is 20.8 Å². The van der Waals surface area contributed by atoms with Gasteiger partial charge in [-0.1, -0.05) is 27.2 Å². The van der Waals surface area contributed by atoms with E-state index >= 15 is 8.78 Å². The lowest BCUT2D eigenvalue weighted by Gasteiger charge is -2.35. The number of nitrogens with one attached hydrogen (secondary N) is 1. The van der Waals surface area contributed by atoms with Gasteiger partial charge < -0.3 is 14.4 Å². The van der Waals surface area contributed by atoms with Gasteiger partial charge in [0.25, 0.3) is 5.92 Å². The van der Waals surface area contributed by atoms with Gasteiger partial charge in [0, 0.05) is 37.3 Å². The number of rotatable bonds is 7. The third-order valence-electron chi connectivity index (χ3n) is 13.6. The van der Waals surface area contributed by atoms with Gasteiger partial charge in [0.1, 0.15) is 12.2 Å². The largest absolute Gasteiger partial charge is 0.471 e. The van der Waals surface area contributed by atoms with Crippen LogP contribution in [0.4, 0.5) is 26.3 Å². The Labute approximate surface area is 342 Å². The zero-order valence-corrected chi connectivity index (χ0v) is 34.2. The number of amides is 2. The van der Waals surface area contributed by atoms with Crippen LogP contribution in [0.2, 0.25) is 0 Å². The minimum Gasteiger partial charge on any atom is -0.471 e. The zero-order valence-electron chi connectivity index (χ0n) is 33.4. The van der Waals surface area contributed by atoms with Crippen molar-refractivity contribution in [2.45, 2.75) is 134 Å². The van der Waals surface area contributed by atoms with Crippen molar-refractivity contribution in [2.75, 3.05) is 6.54 Å². The normalized spacial score (nSPS) is 33.2. The Kier molecular flexibility index (Phi) is 10.7. The van der Waals surface area contributed by atoms with Gasteiger partial charge in [0.05, 0.1) is 46.6 Å². The minimum atomic E-state index is -4.19. The van der Waals surface area contributed by atoms with Gasteiger partial charge in [-0.05, 0) is 68.1 Å². The second kappa shape index (κ2) is 15.1. The highest BCUT2D eigenvalue weighted by molar-refractivity contribution is 7.90. The Balaban J connectivity index is 1.16. The van der Waals surface area contributed by atoms with Crippen LogP contribution in [-0.4, -0.2) is 83.3 Å². The van der Waals surface area contributed by atoms with Crippen LogP contribution in [0.15, 0.2) is 12.1 Å². The van der Waals surface area contributed by atoms with Gasteiger partial charge in [-0.2, -0.15) is 8.78 Å². The van der Waals surface area contributed by atoms with Crippen LogP contribution in [0.3, 0.4) is 0 Å². The first kappa shape index (κ1) is 42.7. The van der Waals surface area contributed by atoms with E-state index in [0.717, 1.165) is 11.3 Å². The van der Waals surface area contributed by atoms with Crippen LogP contribution in [0, 0.1) is 52.1 Å². The number of esters is 1. The first-order valence-corrected chi connectivity index (χ1v) is 22.2. The van der Waals surface area contributed by atoms with E-state index in [1.165, 1.54) is 0 Å². The van der Waals surface area contributed by atoms with Gasteiger partial charge in [-0.15, -0.1) is 0 Å². The lowest BCUT2D eigenvalue weighted by Crippen LogP contribution is -2.49. The quantitative estimate of drug-likeness (QED) is 0.244. The van der Waals surface area contributed by atoms with E-state index < -0.39 is 148 Å². The third-order valence-corrected chi connectivity index (χ3v) is 15.4. The third kappa shape index (κ3) is 8.19. The number of hydrogen-bond acceptors (Lipinski definition) is 10. The van der Waals surface area contributed by atoms with Crippen molar-refractivity contribution in [1.82, 2.24) is 19.6 Å². The highest BCUT2D eigenvalue weighted by Crippen LogP contribution is 2.60. The molecule has 6 aliphatic rings. The molecule has 1 N–H and O–H groups in total. The lowest BCUT2D eigenvalue weighted by molar-refractivity contribution is -0.158. The second-order valence-electron chi connectivity index (χ2n) is 18.9. The smallest absolute Gasteiger partial charge is 0.306 e. The summed E-state index contributed by atoms with van der Waals surface area (Å²) < 4.78 is 129. The predicted molar refractivity (Wildman–Crippen MR) is 200 cm³/mol. The number of fused-ring (bicyclic) bond motifs is 7. The molecular formula is C41H48F6N4O8S. The number of nitrogens with zero attached hydrogens (tertiary/aromatic N) is 3. The highest BCUT2D eigenvalue weighted by atomic mass is 32.2. The van der Waals surface area contributed by atoms with Crippen molar-refractivity contribution < 1.29 is 63.4 Å². The number of carbonyl (C=O) groups excluding carboxylic acids is 4. The SMILES string of the molecule is CC(C)(C)[C@@H]1CC(=O)O[C@@H]2C[C@@H]3C[C@@H]3[C@H]2CCCCC(F)(F)c2nc3cc(F)c(F)cc3nc2O[C@@H]2C[C@@H](C(=O)C[C@]3(C(=O)NS(=O)(=O)C4CC4)C[C@H]3C(F)F)N(C2)C1=O. The molecule has 0 radical (unpaired) electrons. The number of sulfonamides is 1. The van der Waals surface area contributed by atoms with E-state index in [2.05, 4.69) is 9.97 Å². The Morgan fingerprint density at radius 1 is 0.967 bits per heavy atom. The van der Waals surface area contributed by atoms with Crippen molar-refractivity contribution in [3.05, 3.63) is 29.5 Å². The van der Waals surface area contributed by atoms with Crippen LogP contribution in [0.1, 0.15) is 104 Å². The number of ether oxygens (including phenoxy) is 2. The van der Waals surface area contributed by atoms with E-state index in [0.29, 0.717) is 37.3 Å². The molecule has 60 heavy (non-hydrogen) atoms. The molecule has 328 valence electrons. The van der Waals surface area contributed by atoms with Gasteiger partial charge in [-0.25, -0.2) is 35.9 Å². The molecule has 1 saturated heterocycles. The summed E-state index contributed by atoms with van der Waals surface area (Å²) in [5, 5.41) is -0.866.